The molecule has 1 aromatic carbocycles. The van der Waals surface area contributed by atoms with Crippen LogP contribution < -0.4 is 5.32 Å². The maximum atomic E-state index is 13.2. The zero-order chi connectivity index (χ0) is 21.0. The minimum absolute atomic E-state index is 0.00316. The lowest BCUT2D eigenvalue weighted by molar-refractivity contribution is -0.167. The Balaban J connectivity index is 1.60. The van der Waals surface area contributed by atoms with Gasteiger partial charge in [0, 0.05) is 38.5 Å². The second-order valence-corrected chi connectivity index (χ2v) is 7.96. The first-order chi connectivity index (χ1) is 14.6. The Kier molecular flexibility index (Phi) is 6.11. The van der Waals surface area contributed by atoms with Gasteiger partial charge in [0.25, 0.3) is 5.91 Å². The van der Waals surface area contributed by atoms with E-state index in [0.717, 1.165) is 29.5 Å². The standard InChI is InChI=1S/C23H27N3O4/c1-29-15-21(27)26-10-11-30-23(16-26,22(28)25-20-7-8-20)13-17-4-2-5-18(12-17)19-6-3-9-24-14-19/h2-6,9,12,14,20H,7-8,10-11,13,15-16H2,1H3,(H,25,28). The molecule has 1 aromatic heterocycles. The van der Waals surface area contributed by atoms with Crippen molar-refractivity contribution in [3.05, 3.63) is 54.4 Å². The number of hydrogen-bond donors (Lipinski definition) is 1. The molecule has 1 N–H and O–H groups in total. The average molecular weight is 409 g/mol. The summed E-state index contributed by atoms with van der Waals surface area (Å²) >= 11 is 0. The summed E-state index contributed by atoms with van der Waals surface area (Å²) in [5.74, 6) is -0.278. The average Bonchev–Trinajstić information content (AvgIpc) is 3.59. The number of methoxy groups -OCH3 is 1. The van der Waals surface area contributed by atoms with E-state index in [9.17, 15) is 9.59 Å². The minimum atomic E-state index is -1.11. The summed E-state index contributed by atoms with van der Waals surface area (Å²) in [7, 11) is 1.50. The largest absolute Gasteiger partial charge is 0.375 e. The van der Waals surface area contributed by atoms with Crippen LogP contribution >= 0.6 is 0 Å². The number of nitrogens with one attached hydrogen (secondary N) is 1. The Morgan fingerprint density at radius 3 is 2.83 bits per heavy atom. The molecule has 0 radical (unpaired) electrons. The first-order valence-corrected chi connectivity index (χ1v) is 10.3. The quantitative estimate of drug-likeness (QED) is 0.755. The fourth-order valence-corrected chi connectivity index (χ4v) is 3.81. The van der Waals surface area contributed by atoms with E-state index < -0.39 is 5.60 Å². The summed E-state index contributed by atoms with van der Waals surface area (Å²) in [6.45, 7) is 0.980. The van der Waals surface area contributed by atoms with E-state index in [1.807, 2.05) is 36.5 Å². The molecule has 1 saturated carbocycles. The fourth-order valence-electron chi connectivity index (χ4n) is 3.81. The summed E-state index contributed by atoms with van der Waals surface area (Å²) in [6.07, 6.45) is 5.93. The predicted octanol–water partition coefficient (Wildman–Crippen LogP) is 1.81. The van der Waals surface area contributed by atoms with Gasteiger partial charge in [0.15, 0.2) is 5.60 Å². The molecule has 4 rings (SSSR count). The number of amides is 2. The molecule has 1 aliphatic carbocycles. The monoisotopic (exact) mass is 409 g/mol. The Hall–Kier alpha value is -2.77. The summed E-state index contributed by atoms with van der Waals surface area (Å²) in [4.78, 5) is 31.5. The number of hydrogen-bond acceptors (Lipinski definition) is 5. The van der Waals surface area contributed by atoms with Crippen molar-refractivity contribution in [2.75, 3.05) is 33.4 Å². The predicted molar refractivity (Wildman–Crippen MR) is 112 cm³/mol. The van der Waals surface area contributed by atoms with E-state index in [0.29, 0.717) is 19.6 Å². The highest BCUT2D eigenvalue weighted by Gasteiger charge is 2.46. The van der Waals surface area contributed by atoms with Gasteiger partial charge in [-0.1, -0.05) is 30.3 Å². The van der Waals surface area contributed by atoms with E-state index in [4.69, 9.17) is 9.47 Å². The number of carbonyl (C=O) groups excluding carboxylic acids is 2. The van der Waals surface area contributed by atoms with Crippen LogP contribution in [-0.4, -0.2) is 66.8 Å². The maximum absolute atomic E-state index is 13.2. The van der Waals surface area contributed by atoms with Crippen molar-refractivity contribution in [3.63, 3.8) is 0 Å². The maximum Gasteiger partial charge on any atom is 0.254 e. The van der Waals surface area contributed by atoms with Crippen LogP contribution in [0.15, 0.2) is 48.8 Å². The molecule has 0 bridgehead atoms. The highest BCUT2D eigenvalue weighted by atomic mass is 16.5. The van der Waals surface area contributed by atoms with Crippen LogP contribution in [0.5, 0.6) is 0 Å². The topological polar surface area (TPSA) is 80.8 Å². The molecular formula is C23H27N3O4. The molecule has 0 spiro atoms. The van der Waals surface area contributed by atoms with Gasteiger partial charge >= 0.3 is 0 Å². The van der Waals surface area contributed by atoms with Gasteiger partial charge in [0.2, 0.25) is 5.91 Å². The number of ether oxygens (including phenoxy) is 2. The van der Waals surface area contributed by atoms with Gasteiger partial charge in [-0.3, -0.25) is 14.6 Å². The molecule has 1 saturated heterocycles. The van der Waals surface area contributed by atoms with E-state index >= 15 is 0 Å². The first-order valence-electron chi connectivity index (χ1n) is 10.3. The lowest BCUT2D eigenvalue weighted by Gasteiger charge is -2.41. The summed E-state index contributed by atoms with van der Waals surface area (Å²) < 4.78 is 11.1. The lowest BCUT2D eigenvalue weighted by Crippen LogP contribution is -2.62. The fraction of sp³-hybridized carbons (Fsp3) is 0.435. The minimum Gasteiger partial charge on any atom is -0.375 e. The molecule has 2 fully saturated rings. The van der Waals surface area contributed by atoms with E-state index in [1.165, 1.54) is 7.11 Å². The van der Waals surface area contributed by atoms with E-state index in [1.54, 1.807) is 11.1 Å². The molecule has 2 aliphatic rings. The van der Waals surface area contributed by atoms with Gasteiger partial charge in [0.05, 0.1) is 13.2 Å². The van der Waals surface area contributed by atoms with Crippen molar-refractivity contribution >= 4 is 11.8 Å². The lowest BCUT2D eigenvalue weighted by atomic mass is 9.89. The molecule has 2 heterocycles. The van der Waals surface area contributed by atoms with Crippen LogP contribution in [0.3, 0.4) is 0 Å². The Morgan fingerprint density at radius 1 is 1.27 bits per heavy atom. The summed E-state index contributed by atoms with van der Waals surface area (Å²) in [5, 5.41) is 3.08. The highest BCUT2D eigenvalue weighted by molar-refractivity contribution is 5.88. The smallest absolute Gasteiger partial charge is 0.254 e. The number of carbonyl (C=O) groups is 2. The van der Waals surface area contributed by atoms with E-state index in [-0.39, 0.29) is 31.0 Å². The molecule has 30 heavy (non-hydrogen) atoms. The zero-order valence-corrected chi connectivity index (χ0v) is 17.2. The molecule has 1 aliphatic heterocycles. The van der Waals surface area contributed by atoms with Crippen molar-refractivity contribution in [1.29, 1.82) is 0 Å². The molecule has 2 amide bonds. The van der Waals surface area contributed by atoms with Gasteiger partial charge in [0.1, 0.15) is 6.61 Å². The third kappa shape index (κ3) is 4.68. The molecule has 158 valence electrons. The number of nitrogens with zero attached hydrogens (tertiary/aromatic N) is 2. The van der Waals surface area contributed by atoms with Crippen LogP contribution in [0.2, 0.25) is 0 Å². The Labute approximate surface area is 176 Å². The number of morpholine rings is 1. The van der Waals surface area contributed by atoms with Gasteiger partial charge in [-0.15, -0.1) is 0 Å². The zero-order valence-electron chi connectivity index (χ0n) is 17.2. The van der Waals surface area contributed by atoms with Crippen LogP contribution in [0, 0.1) is 0 Å². The molecular weight excluding hydrogens is 382 g/mol. The summed E-state index contributed by atoms with van der Waals surface area (Å²) in [5.41, 5.74) is 1.90. The number of aromatic nitrogens is 1. The van der Waals surface area contributed by atoms with Crippen molar-refractivity contribution < 1.29 is 19.1 Å². The molecule has 7 heteroatoms. The highest BCUT2D eigenvalue weighted by Crippen LogP contribution is 2.29. The van der Waals surface area contributed by atoms with Crippen LogP contribution in [0.4, 0.5) is 0 Å². The first kappa shape index (κ1) is 20.5. The Bertz CT molecular complexity index is 900. The van der Waals surface area contributed by atoms with Gasteiger partial charge in [-0.25, -0.2) is 0 Å². The van der Waals surface area contributed by atoms with Crippen molar-refractivity contribution in [1.82, 2.24) is 15.2 Å². The van der Waals surface area contributed by atoms with Crippen LogP contribution in [0.25, 0.3) is 11.1 Å². The molecule has 2 aromatic rings. The van der Waals surface area contributed by atoms with Gasteiger partial charge < -0.3 is 19.7 Å². The Morgan fingerprint density at radius 2 is 2.10 bits per heavy atom. The van der Waals surface area contributed by atoms with Crippen LogP contribution in [-0.2, 0) is 25.5 Å². The van der Waals surface area contributed by atoms with Gasteiger partial charge in [-0.2, -0.15) is 0 Å². The van der Waals surface area contributed by atoms with Crippen molar-refractivity contribution in [2.45, 2.75) is 30.9 Å². The second-order valence-electron chi connectivity index (χ2n) is 7.96. The third-order valence-corrected chi connectivity index (χ3v) is 5.54. The van der Waals surface area contributed by atoms with Crippen molar-refractivity contribution in [2.24, 2.45) is 0 Å². The number of benzene rings is 1. The normalized spacial score (nSPS) is 21.3. The van der Waals surface area contributed by atoms with Crippen molar-refractivity contribution in [3.8, 4) is 11.1 Å². The summed E-state index contributed by atoms with van der Waals surface area (Å²) in [6, 6.07) is 12.2. The molecule has 1 unspecified atom stereocenters. The molecule has 1 atom stereocenters. The van der Waals surface area contributed by atoms with E-state index in [2.05, 4.69) is 16.4 Å². The second kappa shape index (κ2) is 8.93. The number of rotatable bonds is 7. The third-order valence-electron chi connectivity index (χ3n) is 5.54. The SMILES string of the molecule is COCC(=O)N1CCOC(Cc2cccc(-c3cccnc3)c2)(C(=O)NC2CC2)C1. The van der Waals surface area contributed by atoms with Crippen LogP contribution in [0.1, 0.15) is 18.4 Å². The van der Waals surface area contributed by atoms with Gasteiger partial charge in [-0.05, 0) is 35.6 Å². The molecule has 7 nitrogen and oxygen atoms in total. The number of pyridine rings is 1.